The van der Waals surface area contributed by atoms with Gasteiger partial charge in [0.2, 0.25) is 0 Å². The summed E-state index contributed by atoms with van der Waals surface area (Å²) in [4.78, 5) is 4.02. The zero-order chi connectivity index (χ0) is 12.0. The highest BCUT2D eigenvalue weighted by molar-refractivity contribution is 9.08. The van der Waals surface area contributed by atoms with Crippen molar-refractivity contribution in [3.05, 3.63) is 24.0 Å². The van der Waals surface area contributed by atoms with E-state index in [0.717, 1.165) is 5.69 Å². The molecule has 1 heterocycles. The number of aromatic nitrogens is 1. The van der Waals surface area contributed by atoms with Gasteiger partial charge in [0.05, 0.1) is 18.5 Å². The molecule has 0 fully saturated rings. The molecule has 1 aromatic heterocycles. The largest absolute Gasteiger partial charge is 0.491 e. The van der Waals surface area contributed by atoms with Gasteiger partial charge in [0.15, 0.2) is 0 Å². The second kappa shape index (κ2) is 6.34. The van der Waals surface area contributed by atoms with Crippen LogP contribution in [0.1, 0.15) is 5.69 Å². The zero-order valence-electron chi connectivity index (χ0n) is 8.13. The summed E-state index contributed by atoms with van der Waals surface area (Å²) < 4.78 is 40.4. The van der Waals surface area contributed by atoms with Crippen molar-refractivity contribution in [3.63, 3.8) is 0 Å². The Bertz CT molecular complexity index is 318. The molecule has 90 valence electrons. The van der Waals surface area contributed by atoms with E-state index in [0.29, 0.717) is 11.1 Å². The SMILES string of the molecule is FC(F)(F)SCCOc1ccc(CBr)nc1. The van der Waals surface area contributed by atoms with Crippen LogP contribution in [0.15, 0.2) is 18.3 Å². The van der Waals surface area contributed by atoms with E-state index in [-0.39, 0.29) is 24.1 Å². The maximum absolute atomic E-state index is 11.8. The molecule has 0 unspecified atom stereocenters. The van der Waals surface area contributed by atoms with Crippen LogP contribution in [0.3, 0.4) is 0 Å². The van der Waals surface area contributed by atoms with E-state index in [1.165, 1.54) is 6.20 Å². The normalized spacial score (nSPS) is 11.5. The monoisotopic (exact) mass is 315 g/mol. The number of nitrogens with zero attached hydrogens (tertiary/aromatic N) is 1. The van der Waals surface area contributed by atoms with E-state index in [9.17, 15) is 13.2 Å². The van der Waals surface area contributed by atoms with Crippen LogP contribution < -0.4 is 4.74 Å². The van der Waals surface area contributed by atoms with Crippen LogP contribution in [0.2, 0.25) is 0 Å². The molecule has 0 aliphatic carbocycles. The third kappa shape index (κ3) is 5.60. The minimum absolute atomic E-state index is 0.0134. The van der Waals surface area contributed by atoms with Crippen LogP contribution in [0.5, 0.6) is 5.75 Å². The molecule has 0 spiro atoms. The highest BCUT2D eigenvalue weighted by atomic mass is 79.9. The average Bonchev–Trinajstić information content (AvgIpc) is 2.24. The molecule has 0 aliphatic heterocycles. The summed E-state index contributed by atoms with van der Waals surface area (Å²) >= 11 is 3.14. The summed E-state index contributed by atoms with van der Waals surface area (Å²) in [5.74, 6) is 0.358. The van der Waals surface area contributed by atoms with Gasteiger partial charge in [-0.05, 0) is 23.9 Å². The summed E-state index contributed by atoms with van der Waals surface area (Å²) in [7, 11) is 0. The quantitative estimate of drug-likeness (QED) is 0.612. The highest BCUT2D eigenvalue weighted by Crippen LogP contribution is 2.29. The second-order valence-corrected chi connectivity index (χ2v) is 4.48. The van der Waals surface area contributed by atoms with Gasteiger partial charge in [-0.25, -0.2) is 0 Å². The molecule has 1 aromatic rings. The fraction of sp³-hybridized carbons (Fsp3) is 0.444. The maximum Gasteiger partial charge on any atom is 0.441 e. The Kier molecular flexibility index (Phi) is 5.40. The molecule has 0 atom stereocenters. The maximum atomic E-state index is 11.8. The summed E-state index contributed by atoms with van der Waals surface area (Å²) in [6, 6.07) is 3.43. The van der Waals surface area contributed by atoms with Crippen molar-refractivity contribution in [2.24, 2.45) is 0 Å². The van der Waals surface area contributed by atoms with E-state index in [4.69, 9.17) is 4.74 Å². The number of hydrogen-bond acceptors (Lipinski definition) is 3. The van der Waals surface area contributed by atoms with Crippen molar-refractivity contribution in [2.45, 2.75) is 10.8 Å². The summed E-state index contributed by atoms with van der Waals surface area (Å²) in [6.45, 7) is 0.0134. The number of thioether (sulfide) groups is 1. The lowest BCUT2D eigenvalue weighted by molar-refractivity contribution is -0.0329. The first kappa shape index (κ1) is 13.6. The van der Waals surface area contributed by atoms with Gasteiger partial charge in [0.25, 0.3) is 0 Å². The van der Waals surface area contributed by atoms with Crippen molar-refractivity contribution < 1.29 is 17.9 Å². The molecule has 0 saturated heterocycles. The lowest BCUT2D eigenvalue weighted by Crippen LogP contribution is -2.07. The van der Waals surface area contributed by atoms with Gasteiger partial charge in [-0.3, -0.25) is 4.98 Å². The predicted octanol–water partition coefficient (Wildman–Crippen LogP) is 3.61. The molecule has 0 aliphatic rings. The van der Waals surface area contributed by atoms with Crippen molar-refractivity contribution in [2.75, 3.05) is 12.4 Å². The van der Waals surface area contributed by atoms with Crippen LogP contribution in [0.25, 0.3) is 0 Å². The van der Waals surface area contributed by atoms with Crippen molar-refractivity contribution in [3.8, 4) is 5.75 Å². The standard InChI is InChI=1S/C9H9BrF3NOS/c10-5-7-1-2-8(6-14-7)15-3-4-16-9(11,12)13/h1-2,6H,3-5H2. The van der Waals surface area contributed by atoms with E-state index in [2.05, 4.69) is 20.9 Å². The molecule has 1 rings (SSSR count). The Morgan fingerprint density at radius 3 is 2.62 bits per heavy atom. The van der Waals surface area contributed by atoms with Gasteiger partial charge in [0.1, 0.15) is 5.75 Å². The van der Waals surface area contributed by atoms with Crippen molar-refractivity contribution in [1.29, 1.82) is 0 Å². The molecule has 2 nitrogen and oxygen atoms in total. The number of alkyl halides is 4. The van der Waals surface area contributed by atoms with Gasteiger partial charge < -0.3 is 4.74 Å². The Morgan fingerprint density at radius 2 is 2.12 bits per heavy atom. The smallest absolute Gasteiger partial charge is 0.441 e. The molecule has 0 radical (unpaired) electrons. The zero-order valence-corrected chi connectivity index (χ0v) is 10.5. The Balaban J connectivity index is 2.27. The molecule has 7 heteroatoms. The van der Waals surface area contributed by atoms with Crippen LogP contribution in [0, 0.1) is 0 Å². The van der Waals surface area contributed by atoms with Crippen LogP contribution in [-0.2, 0) is 5.33 Å². The summed E-state index contributed by atoms with van der Waals surface area (Å²) in [5, 5.41) is 0.636. The molecule has 0 bridgehead atoms. The first-order chi connectivity index (χ1) is 7.51. The Labute approximate surface area is 104 Å². The first-order valence-corrected chi connectivity index (χ1v) is 6.46. The van der Waals surface area contributed by atoms with Gasteiger partial charge >= 0.3 is 5.51 Å². The van der Waals surface area contributed by atoms with Gasteiger partial charge in [-0.1, -0.05) is 15.9 Å². The fourth-order valence-electron chi connectivity index (χ4n) is 0.892. The number of rotatable bonds is 5. The highest BCUT2D eigenvalue weighted by Gasteiger charge is 2.27. The van der Waals surface area contributed by atoms with Gasteiger partial charge in [-0.2, -0.15) is 13.2 Å². The van der Waals surface area contributed by atoms with E-state index >= 15 is 0 Å². The fourth-order valence-corrected chi connectivity index (χ4v) is 1.62. The van der Waals surface area contributed by atoms with Crippen LogP contribution >= 0.6 is 27.7 Å². The molecule has 0 saturated carbocycles. The molecule has 0 aromatic carbocycles. The number of pyridine rings is 1. The lowest BCUT2D eigenvalue weighted by Gasteiger charge is -2.07. The first-order valence-electron chi connectivity index (χ1n) is 4.35. The number of hydrogen-bond donors (Lipinski definition) is 0. The molecule has 0 N–H and O–H groups in total. The molecule has 16 heavy (non-hydrogen) atoms. The number of ether oxygens (including phenoxy) is 1. The predicted molar refractivity (Wildman–Crippen MR) is 60.9 cm³/mol. The second-order valence-electron chi connectivity index (χ2n) is 2.76. The average molecular weight is 316 g/mol. The van der Waals surface area contributed by atoms with Crippen molar-refractivity contribution in [1.82, 2.24) is 4.98 Å². The van der Waals surface area contributed by atoms with Gasteiger partial charge in [-0.15, -0.1) is 0 Å². The summed E-state index contributed by atoms with van der Waals surface area (Å²) in [6.07, 6.45) is 1.49. The Hall–Kier alpha value is -0.430. The Morgan fingerprint density at radius 1 is 1.38 bits per heavy atom. The third-order valence-corrected chi connectivity index (χ3v) is 2.82. The minimum atomic E-state index is -4.19. The topological polar surface area (TPSA) is 22.1 Å². The van der Waals surface area contributed by atoms with E-state index in [1.807, 2.05) is 0 Å². The van der Waals surface area contributed by atoms with E-state index in [1.54, 1.807) is 12.1 Å². The van der Waals surface area contributed by atoms with Crippen LogP contribution in [-0.4, -0.2) is 22.9 Å². The minimum Gasteiger partial charge on any atom is -0.491 e. The molecular formula is C9H9BrF3NOS. The number of halogens is 4. The molecular weight excluding hydrogens is 307 g/mol. The summed E-state index contributed by atoms with van der Waals surface area (Å²) in [5.41, 5.74) is -3.35. The van der Waals surface area contributed by atoms with Gasteiger partial charge in [0, 0.05) is 11.1 Å². The third-order valence-electron chi connectivity index (χ3n) is 1.55. The molecule has 0 amide bonds. The van der Waals surface area contributed by atoms with Crippen LogP contribution in [0.4, 0.5) is 13.2 Å². The van der Waals surface area contributed by atoms with E-state index < -0.39 is 5.51 Å². The van der Waals surface area contributed by atoms with Crippen molar-refractivity contribution >= 4 is 27.7 Å². The lowest BCUT2D eigenvalue weighted by atomic mass is 10.4.